The highest BCUT2D eigenvalue weighted by Gasteiger charge is 2.50. The largest absolute Gasteiger partial charge is 0.325 e. The Balaban J connectivity index is 1.54. The van der Waals surface area contributed by atoms with Gasteiger partial charge < -0.3 is 15.1 Å². The molecule has 3 aliphatic rings. The molecular weight excluding hydrogens is 354 g/mol. The van der Waals surface area contributed by atoms with Crippen molar-refractivity contribution in [3.05, 3.63) is 28.8 Å². The van der Waals surface area contributed by atoms with Crippen molar-refractivity contribution in [1.29, 1.82) is 0 Å². The van der Waals surface area contributed by atoms with Crippen molar-refractivity contribution < 1.29 is 9.59 Å². The molecule has 1 saturated carbocycles. The molecule has 0 bridgehead atoms. The van der Waals surface area contributed by atoms with Crippen LogP contribution in [0.1, 0.15) is 49.3 Å². The van der Waals surface area contributed by atoms with Crippen molar-refractivity contribution in [2.24, 2.45) is 5.10 Å². The van der Waals surface area contributed by atoms with Crippen molar-refractivity contribution in [2.75, 3.05) is 11.9 Å². The number of fused-ring (bicyclic) bond motifs is 3. The number of nitrogens with one attached hydrogen (secondary N) is 2. The highest BCUT2D eigenvalue weighted by atomic mass is 16.2. The van der Waals surface area contributed by atoms with E-state index in [2.05, 4.69) is 32.9 Å². The molecule has 0 spiro atoms. The normalized spacial score (nSPS) is 26.4. The van der Waals surface area contributed by atoms with Crippen LogP contribution >= 0.6 is 0 Å². The van der Waals surface area contributed by atoms with E-state index in [1.807, 2.05) is 27.7 Å². The zero-order valence-corrected chi connectivity index (χ0v) is 17.1. The Kier molecular flexibility index (Phi) is 4.77. The molecule has 2 fully saturated rings. The lowest BCUT2D eigenvalue weighted by molar-refractivity contribution is -0.151. The first-order chi connectivity index (χ1) is 13.4. The number of nitrogens with zero attached hydrogens (tertiary/aromatic N) is 3. The fourth-order valence-electron chi connectivity index (χ4n) is 5.07. The fraction of sp³-hybridized carbons (Fsp3) is 0.571. The monoisotopic (exact) mass is 383 g/mol. The van der Waals surface area contributed by atoms with Crippen molar-refractivity contribution in [2.45, 2.75) is 71.6 Å². The summed E-state index contributed by atoms with van der Waals surface area (Å²) in [5, 5.41) is 7.32. The zero-order valence-electron chi connectivity index (χ0n) is 17.1. The van der Waals surface area contributed by atoms with Gasteiger partial charge in [0.1, 0.15) is 12.4 Å². The summed E-state index contributed by atoms with van der Waals surface area (Å²) in [5.41, 5.74) is 7.06. The van der Waals surface area contributed by atoms with Crippen LogP contribution in [0.5, 0.6) is 0 Å². The molecule has 150 valence electrons. The molecule has 2 aliphatic heterocycles. The second-order valence-corrected chi connectivity index (χ2v) is 8.31. The average molecular weight is 383 g/mol. The Morgan fingerprint density at radius 2 is 1.79 bits per heavy atom. The summed E-state index contributed by atoms with van der Waals surface area (Å²) >= 11 is 0. The van der Waals surface area contributed by atoms with Crippen molar-refractivity contribution in [3.63, 3.8) is 0 Å². The summed E-state index contributed by atoms with van der Waals surface area (Å²) in [6.45, 7) is 8.07. The summed E-state index contributed by atoms with van der Waals surface area (Å²) in [7, 11) is 0. The van der Waals surface area contributed by atoms with Crippen LogP contribution in [0.25, 0.3) is 0 Å². The third-order valence-electron chi connectivity index (χ3n) is 6.22. The van der Waals surface area contributed by atoms with Crippen LogP contribution in [0.2, 0.25) is 0 Å². The molecule has 2 amide bonds. The van der Waals surface area contributed by atoms with Gasteiger partial charge in [-0.15, -0.1) is 0 Å². The number of carbonyl (C=O) groups excluding carboxylic acids is 2. The summed E-state index contributed by atoms with van der Waals surface area (Å²) in [6.07, 6.45) is 3.72. The first kappa shape index (κ1) is 18.8. The number of amidine groups is 1. The molecule has 1 aromatic rings. The molecule has 4 rings (SSSR count). The van der Waals surface area contributed by atoms with E-state index >= 15 is 0 Å². The zero-order chi connectivity index (χ0) is 20.0. The van der Waals surface area contributed by atoms with Crippen LogP contribution in [-0.4, -0.2) is 52.2 Å². The van der Waals surface area contributed by atoms with Crippen LogP contribution < -0.4 is 10.7 Å². The first-order valence-corrected chi connectivity index (χ1v) is 10.1. The molecule has 3 unspecified atom stereocenters. The quantitative estimate of drug-likeness (QED) is 0.839. The van der Waals surface area contributed by atoms with Crippen LogP contribution in [0.4, 0.5) is 5.69 Å². The Bertz CT molecular complexity index is 826. The molecule has 7 nitrogen and oxygen atoms in total. The van der Waals surface area contributed by atoms with Crippen LogP contribution in [0.15, 0.2) is 17.2 Å². The van der Waals surface area contributed by atoms with E-state index in [1.54, 1.807) is 4.90 Å². The SMILES string of the molecule is CC1=NNC2C(=O)N(CC(=O)Nc3c(C)cc(C)cc3C)C3CCCCC3N12. The standard InChI is InChI=1S/C21H29N5O2/c1-12-9-13(2)19(14(3)10-12)22-18(27)11-25-16-7-5-6-8-17(16)26-15(4)23-24-20(26)21(25)28/h9-10,16-17,20,24H,5-8,11H2,1-4H3,(H,22,27). The first-order valence-electron chi connectivity index (χ1n) is 10.1. The molecule has 1 aliphatic carbocycles. The summed E-state index contributed by atoms with van der Waals surface area (Å²) < 4.78 is 0. The maximum absolute atomic E-state index is 13.1. The van der Waals surface area contributed by atoms with Gasteiger partial charge in [0.25, 0.3) is 5.91 Å². The van der Waals surface area contributed by atoms with E-state index in [0.29, 0.717) is 0 Å². The number of piperazine rings is 1. The highest BCUT2D eigenvalue weighted by Crippen LogP contribution is 2.34. The number of hydrazone groups is 1. The molecule has 0 aromatic heterocycles. The van der Waals surface area contributed by atoms with E-state index in [-0.39, 0.29) is 30.4 Å². The second-order valence-electron chi connectivity index (χ2n) is 8.31. The molecule has 1 aromatic carbocycles. The van der Waals surface area contributed by atoms with Crippen molar-refractivity contribution in [1.82, 2.24) is 15.2 Å². The Morgan fingerprint density at radius 1 is 1.14 bits per heavy atom. The molecular formula is C21H29N5O2. The molecule has 0 radical (unpaired) electrons. The Labute approximate surface area is 166 Å². The summed E-state index contributed by atoms with van der Waals surface area (Å²) in [6, 6.07) is 4.41. The van der Waals surface area contributed by atoms with Crippen molar-refractivity contribution >= 4 is 23.3 Å². The minimum absolute atomic E-state index is 0.0590. The smallest absolute Gasteiger partial charge is 0.268 e. The van der Waals surface area contributed by atoms with Gasteiger partial charge >= 0.3 is 0 Å². The predicted octanol–water partition coefficient (Wildman–Crippen LogP) is 2.27. The third-order valence-corrected chi connectivity index (χ3v) is 6.22. The Hall–Kier alpha value is -2.57. The lowest BCUT2D eigenvalue weighted by Gasteiger charge is -2.50. The maximum Gasteiger partial charge on any atom is 0.268 e. The van der Waals surface area contributed by atoms with Gasteiger partial charge in [0.15, 0.2) is 6.17 Å². The number of carbonyl (C=O) groups is 2. The summed E-state index contributed by atoms with van der Waals surface area (Å²) in [5.74, 6) is 0.665. The van der Waals surface area contributed by atoms with Gasteiger partial charge in [0.2, 0.25) is 5.91 Å². The van der Waals surface area contributed by atoms with E-state index in [1.165, 1.54) is 5.56 Å². The fourth-order valence-corrected chi connectivity index (χ4v) is 5.07. The number of hydrogen-bond donors (Lipinski definition) is 2. The van der Waals surface area contributed by atoms with E-state index in [9.17, 15) is 9.59 Å². The maximum atomic E-state index is 13.1. The Morgan fingerprint density at radius 3 is 2.46 bits per heavy atom. The molecule has 7 heteroatoms. The molecule has 28 heavy (non-hydrogen) atoms. The van der Waals surface area contributed by atoms with Gasteiger partial charge in [0, 0.05) is 5.69 Å². The number of rotatable bonds is 3. The minimum atomic E-state index is -0.477. The van der Waals surface area contributed by atoms with Gasteiger partial charge in [-0.05, 0) is 51.7 Å². The van der Waals surface area contributed by atoms with E-state index < -0.39 is 6.17 Å². The van der Waals surface area contributed by atoms with Gasteiger partial charge in [-0.1, -0.05) is 30.5 Å². The number of amides is 2. The van der Waals surface area contributed by atoms with Crippen LogP contribution in [0.3, 0.4) is 0 Å². The van der Waals surface area contributed by atoms with Crippen LogP contribution in [0, 0.1) is 20.8 Å². The number of benzene rings is 1. The highest BCUT2D eigenvalue weighted by molar-refractivity contribution is 5.98. The van der Waals surface area contributed by atoms with Crippen LogP contribution in [-0.2, 0) is 9.59 Å². The van der Waals surface area contributed by atoms with E-state index in [4.69, 9.17) is 0 Å². The predicted molar refractivity (Wildman–Crippen MR) is 109 cm³/mol. The topological polar surface area (TPSA) is 77.0 Å². The second kappa shape index (κ2) is 7.11. The third kappa shape index (κ3) is 3.12. The lowest BCUT2D eigenvalue weighted by atomic mass is 9.85. The summed E-state index contributed by atoms with van der Waals surface area (Å²) in [4.78, 5) is 29.9. The van der Waals surface area contributed by atoms with E-state index in [0.717, 1.165) is 48.3 Å². The lowest BCUT2D eigenvalue weighted by Crippen LogP contribution is -2.69. The minimum Gasteiger partial charge on any atom is -0.325 e. The van der Waals surface area contributed by atoms with Crippen molar-refractivity contribution in [3.8, 4) is 0 Å². The number of anilines is 1. The molecule has 3 atom stereocenters. The molecule has 1 saturated heterocycles. The van der Waals surface area contributed by atoms with Gasteiger partial charge in [-0.3, -0.25) is 15.0 Å². The average Bonchev–Trinajstić information content (AvgIpc) is 3.04. The van der Waals surface area contributed by atoms with Gasteiger partial charge in [0.05, 0.1) is 12.1 Å². The molecule has 2 heterocycles. The number of aryl methyl sites for hydroxylation is 3. The molecule has 2 N–H and O–H groups in total. The van der Waals surface area contributed by atoms with Gasteiger partial charge in [-0.2, -0.15) is 5.10 Å². The number of hydrogen-bond acceptors (Lipinski definition) is 5. The van der Waals surface area contributed by atoms with Gasteiger partial charge in [-0.25, -0.2) is 0 Å².